The van der Waals surface area contributed by atoms with Gasteiger partial charge in [-0.25, -0.2) is 0 Å². The fourth-order valence-corrected chi connectivity index (χ4v) is 2.83. The van der Waals surface area contributed by atoms with Crippen molar-refractivity contribution in [3.05, 3.63) is 54.1 Å². The average Bonchev–Trinajstić information content (AvgIpc) is 2.68. The van der Waals surface area contributed by atoms with Crippen molar-refractivity contribution in [2.24, 2.45) is 0 Å². The molecule has 0 aliphatic carbocycles. The Morgan fingerprint density at radius 2 is 2.04 bits per heavy atom. The highest BCUT2D eigenvalue weighted by molar-refractivity contribution is 5.95. The van der Waals surface area contributed by atoms with Crippen molar-refractivity contribution >= 4 is 23.2 Å². The Morgan fingerprint density at radius 3 is 2.77 bits per heavy atom. The minimum atomic E-state index is -0.0528. The summed E-state index contributed by atoms with van der Waals surface area (Å²) in [4.78, 5) is 25.7. The van der Waals surface area contributed by atoms with Crippen LogP contribution in [0.25, 0.3) is 0 Å². The number of carbonyl (C=O) groups is 2. The fraction of sp³-hybridized carbons (Fsp3) is 0.300. The molecule has 2 amide bonds. The van der Waals surface area contributed by atoms with Crippen molar-refractivity contribution in [2.75, 3.05) is 37.1 Å². The molecule has 6 nitrogen and oxygen atoms in total. The molecule has 1 aliphatic heterocycles. The van der Waals surface area contributed by atoms with Gasteiger partial charge in [-0.15, -0.1) is 0 Å². The van der Waals surface area contributed by atoms with Gasteiger partial charge in [-0.05, 0) is 48.4 Å². The lowest BCUT2D eigenvalue weighted by atomic mass is 10.1. The number of hydrogen-bond donors (Lipinski definition) is 1. The largest absolute Gasteiger partial charge is 0.497 e. The van der Waals surface area contributed by atoms with Gasteiger partial charge in [-0.3, -0.25) is 9.59 Å². The van der Waals surface area contributed by atoms with E-state index >= 15 is 0 Å². The third-order valence-electron chi connectivity index (χ3n) is 4.22. The molecule has 3 rings (SSSR count). The molecule has 1 heterocycles. The quantitative estimate of drug-likeness (QED) is 0.866. The Bertz CT molecular complexity index is 774. The Balaban J connectivity index is 1.53. The topological polar surface area (TPSA) is 67.9 Å². The number of rotatable bonds is 6. The number of methoxy groups -OCH3 is 1. The van der Waals surface area contributed by atoms with E-state index in [1.807, 2.05) is 48.5 Å². The number of ether oxygens (including phenoxy) is 2. The first-order valence-corrected chi connectivity index (χ1v) is 8.56. The summed E-state index contributed by atoms with van der Waals surface area (Å²) in [7, 11) is 1.62. The molecule has 0 unspecified atom stereocenters. The van der Waals surface area contributed by atoms with Crippen molar-refractivity contribution in [1.29, 1.82) is 0 Å². The Kier molecular flexibility index (Phi) is 5.86. The highest BCUT2D eigenvalue weighted by Gasteiger charge is 2.19. The number of anilines is 2. The van der Waals surface area contributed by atoms with Gasteiger partial charge in [-0.1, -0.05) is 12.1 Å². The predicted molar refractivity (Wildman–Crippen MR) is 99.6 cm³/mol. The number of nitrogens with one attached hydrogen (secondary N) is 1. The summed E-state index contributed by atoms with van der Waals surface area (Å²) in [6, 6.07) is 15.0. The van der Waals surface area contributed by atoms with Gasteiger partial charge in [0.05, 0.1) is 13.7 Å². The maximum absolute atomic E-state index is 12.2. The monoisotopic (exact) mass is 354 g/mol. The van der Waals surface area contributed by atoms with E-state index < -0.39 is 0 Å². The van der Waals surface area contributed by atoms with Crippen LogP contribution in [0.2, 0.25) is 0 Å². The molecular formula is C20H22N2O4. The molecule has 0 saturated carbocycles. The molecule has 136 valence electrons. The maximum atomic E-state index is 12.2. The van der Waals surface area contributed by atoms with E-state index in [0.717, 1.165) is 17.0 Å². The number of aryl methyl sites for hydroxylation is 1. The molecule has 0 aromatic heterocycles. The van der Waals surface area contributed by atoms with Crippen LogP contribution < -0.4 is 15.0 Å². The average molecular weight is 354 g/mol. The number of amides is 2. The van der Waals surface area contributed by atoms with Gasteiger partial charge in [0.1, 0.15) is 12.4 Å². The summed E-state index contributed by atoms with van der Waals surface area (Å²) in [5.74, 6) is 0.686. The fourth-order valence-electron chi connectivity index (χ4n) is 2.83. The predicted octanol–water partition coefficient (Wildman–Crippen LogP) is 2.63. The minimum absolute atomic E-state index is 0.0497. The van der Waals surface area contributed by atoms with E-state index in [1.54, 1.807) is 12.0 Å². The van der Waals surface area contributed by atoms with Crippen LogP contribution in [0.1, 0.15) is 12.0 Å². The molecule has 2 aromatic carbocycles. The highest BCUT2D eigenvalue weighted by atomic mass is 16.5. The summed E-state index contributed by atoms with van der Waals surface area (Å²) < 4.78 is 10.3. The van der Waals surface area contributed by atoms with Gasteiger partial charge in [-0.2, -0.15) is 0 Å². The number of carbonyl (C=O) groups excluding carboxylic acids is 2. The third-order valence-corrected chi connectivity index (χ3v) is 4.22. The SMILES string of the molecule is COc1cccc(CCC(=O)Nc2ccc(N3CCOCC3=O)cc2)c1. The molecule has 0 radical (unpaired) electrons. The summed E-state index contributed by atoms with van der Waals surface area (Å²) in [5.41, 5.74) is 2.58. The van der Waals surface area contributed by atoms with E-state index in [2.05, 4.69) is 5.32 Å². The van der Waals surface area contributed by atoms with E-state index in [9.17, 15) is 9.59 Å². The molecular weight excluding hydrogens is 332 g/mol. The molecule has 1 aliphatic rings. The van der Waals surface area contributed by atoms with Crippen LogP contribution in [0.3, 0.4) is 0 Å². The summed E-state index contributed by atoms with van der Waals surface area (Å²) in [5, 5.41) is 2.88. The summed E-state index contributed by atoms with van der Waals surface area (Å²) in [6.45, 7) is 1.20. The second-order valence-corrected chi connectivity index (χ2v) is 6.04. The van der Waals surface area contributed by atoms with E-state index in [1.165, 1.54) is 0 Å². The van der Waals surface area contributed by atoms with Crippen LogP contribution in [-0.4, -0.2) is 38.7 Å². The molecule has 26 heavy (non-hydrogen) atoms. The highest BCUT2D eigenvalue weighted by Crippen LogP contribution is 2.20. The van der Waals surface area contributed by atoms with Crippen molar-refractivity contribution in [1.82, 2.24) is 0 Å². The molecule has 1 saturated heterocycles. The summed E-state index contributed by atoms with van der Waals surface area (Å²) >= 11 is 0. The lowest BCUT2D eigenvalue weighted by Crippen LogP contribution is -2.41. The van der Waals surface area contributed by atoms with Gasteiger partial charge in [0.15, 0.2) is 0 Å². The van der Waals surface area contributed by atoms with E-state index in [-0.39, 0.29) is 18.4 Å². The van der Waals surface area contributed by atoms with Gasteiger partial charge in [0, 0.05) is 24.3 Å². The zero-order chi connectivity index (χ0) is 18.4. The van der Waals surface area contributed by atoms with Crippen LogP contribution in [0.4, 0.5) is 11.4 Å². The maximum Gasteiger partial charge on any atom is 0.253 e. The summed E-state index contributed by atoms with van der Waals surface area (Å²) in [6.07, 6.45) is 1.03. The van der Waals surface area contributed by atoms with Crippen molar-refractivity contribution < 1.29 is 19.1 Å². The number of morpholine rings is 1. The van der Waals surface area contributed by atoms with Gasteiger partial charge < -0.3 is 19.7 Å². The molecule has 2 aromatic rings. The first kappa shape index (κ1) is 17.9. The Hall–Kier alpha value is -2.86. The van der Waals surface area contributed by atoms with Crippen molar-refractivity contribution in [2.45, 2.75) is 12.8 Å². The standard InChI is InChI=1S/C20H22N2O4/c1-25-18-4-2-3-15(13-18)5-10-19(23)21-16-6-8-17(9-7-16)22-11-12-26-14-20(22)24/h2-4,6-9,13H,5,10-12,14H2,1H3,(H,21,23). The van der Waals surface area contributed by atoms with Gasteiger partial charge in [0.2, 0.25) is 5.91 Å². The van der Waals surface area contributed by atoms with Crippen LogP contribution in [-0.2, 0) is 20.7 Å². The lowest BCUT2D eigenvalue weighted by Gasteiger charge is -2.26. The second-order valence-electron chi connectivity index (χ2n) is 6.04. The number of benzene rings is 2. The Labute approximate surface area is 152 Å². The first-order chi connectivity index (χ1) is 12.7. The third kappa shape index (κ3) is 4.61. The smallest absolute Gasteiger partial charge is 0.253 e. The molecule has 1 N–H and O–H groups in total. The molecule has 1 fully saturated rings. The normalized spacial score (nSPS) is 14.2. The minimum Gasteiger partial charge on any atom is -0.497 e. The lowest BCUT2D eigenvalue weighted by molar-refractivity contribution is -0.125. The van der Waals surface area contributed by atoms with E-state index in [0.29, 0.717) is 31.7 Å². The molecule has 0 bridgehead atoms. The zero-order valence-corrected chi connectivity index (χ0v) is 14.7. The van der Waals surface area contributed by atoms with Gasteiger partial charge >= 0.3 is 0 Å². The zero-order valence-electron chi connectivity index (χ0n) is 14.7. The second kappa shape index (κ2) is 8.49. The molecule has 0 spiro atoms. The number of nitrogens with zero attached hydrogens (tertiary/aromatic N) is 1. The Morgan fingerprint density at radius 1 is 1.23 bits per heavy atom. The van der Waals surface area contributed by atoms with Crippen molar-refractivity contribution in [3.63, 3.8) is 0 Å². The van der Waals surface area contributed by atoms with Gasteiger partial charge in [0.25, 0.3) is 5.91 Å². The first-order valence-electron chi connectivity index (χ1n) is 8.56. The van der Waals surface area contributed by atoms with Crippen molar-refractivity contribution in [3.8, 4) is 5.75 Å². The van der Waals surface area contributed by atoms with E-state index in [4.69, 9.17) is 9.47 Å². The van der Waals surface area contributed by atoms with Crippen LogP contribution in [0.5, 0.6) is 5.75 Å². The van der Waals surface area contributed by atoms with Crippen LogP contribution in [0, 0.1) is 0 Å². The number of hydrogen-bond acceptors (Lipinski definition) is 4. The molecule has 0 atom stereocenters. The molecule has 6 heteroatoms. The van der Waals surface area contributed by atoms with Crippen LogP contribution >= 0.6 is 0 Å². The van der Waals surface area contributed by atoms with Crippen LogP contribution in [0.15, 0.2) is 48.5 Å².